The molecule has 2 saturated heterocycles. The van der Waals surface area contributed by atoms with Crippen LogP contribution in [0.1, 0.15) is 52.1 Å². The van der Waals surface area contributed by atoms with Crippen LogP contribution < -0.4 is 10.2 Å². The van der Waals surface area contributed by atoms with Crippen LogP contribution in [0.3, 0.4) is 0 Å². The Balaban J connectivity index is 1.17. The third-order valence-electron chi connectivity index (χ3n) is 9.12. The number of aryl methyl sites for hydroxylation is 1. The number of fused-ring (bicyclic) bond motifs is 2. The predicted octanol–water partition coefficient (Wildman–Crippen LogP) is 7.55. The molecule has 0 saturated carbocycles. The van der Waals surface area contributed by atoms with Crippen molar-refractivity contribution in [3.05, 3.63) is 36.2 Å². The second-order valence-electron chi connectivity index (χ2n) is 15.3. The molecule has 0 radical (unpaired) electrons. The standard InChI is InChI=1S/C34H49N7O4Si/c1-24-26-10-9-25(21-28(26)41(38-24)23-43-19-20-46(5,6)7)35-31-36-27-11-18-44-29(27)30(37-31)39-16-13-34(14-17-39)12-8-15-40(22-34)32(42)45-33(2,3)4/h9-11,18,21H,8,12-17,19-20,22-23H2,1-7H3,(H,35,36,37). The van der Waals surface area contributed by atoms with Gasteiger partial charge in [0.1, 0.15) is 17.8 Å². The highest BCUT2D eigenvalue weighted by atomic mass is 28.3. The number of carbonyl (C=O) groups excluding carboxylic acids is 1. The number of hydrogen-bond acceptors (Lipinski definition) is 9. The number of nitrogens with zero attached hydrogens (tertiary/aromatic N) is 6. The minimum atomic E-state index is -1.16. The predicted molar refractivity (Wildman–Crippen MR) is 185 cm³/mol. The van der Waals surface area contributed by atoms with Crippen LogP contribution in [0.15, 0.2) is 34.9 Å². The van der Waals surface area contributed by atoms with Crippen LogP contribution >= 0.6 is 0 Å². The first-order valence-electron chi connectivity index (χ1n) is 16.6. The largest absolute Gasteiger partial charge is 0.459 e. The third-order valence-corrected chi connectivity index (χ3v) is 10.8. The summed E-state index contributed by atoms with van der Waals surface area (Å²) in [7, 11) is -1.16. The SMILES string of the molecule is Cc1nn(COCC[Si](C)(C)C)c2cc(Nc3nc(N4CCC5(CCCN(C(=O)OC(C)(C)C)C5)CC4)c4occc4n3)ccc12. The summed E-state index contributed by atoms with van der Waals surface area (Å²) in [6.07, 6.45) is 5.53. The molecule has 4 aromatic rings. The number of ether oxygens (including phenoxy) is 2. The highest BCUT2D eigenvalue weighted by Crippen LogP contribution is 2.42. The molecule has 1 aromatic carbocycles. The highest BCUT2D eigenvalue weighted by Gasteiger charge is 2.41. The summed E-state index contributed by atoms with van der Waals surface area (Å²) in [6, 6.07) is 9.22. The molecule has 1 spiro atoms. The lowest BCUT2D eigenvalue weighted by Crippen LogP contribution is -2.52. The molecule has 46 heavy (non-hydrogen) atoms. The lowest BCUT2D eigenvalue weighted by atomic mass is 9.72. The number of rotatable bonds is 8. The van der Waals surface area contributed by atoms with Crippen LogP contribution in [-0.4, -0.2) is 77.2 Å². The smallest absolute Gasteiger partial charge is 0.410 e. The number of aromatic nitrogens is 4. The summed E-state index contributed by atoms with van der Waals surface area (Å²) in [5.41, 5.74) is 3.92. The molecule has 0 bridgehead atoms. The molecule has 1 N–H and O–H groups in total. The van der Waals surface area contributed by atoms with Gasteiger partial charge in [-0.15, -0.1) is 0 Å². The van der Waals surface area contributed by atoms with Crippen molar-refractivity contribution in [2.45, 2.75) is 91.4 Å². The average molecular weight is 648 g/mol. The van der Waals surface area contributed by atoms with Crippen molar-refractivity contribution in [2.75, 3.05) is 43.0 Å². The van der Waals surface area contributed by atoms with Gasteiger partial charge in [0, 0.05) is 58.0 Å². The minimum Gasteiger partial charge on any atom is -0.459 e. The van der Waals surface area contributed by atoms with Crippen LogP contribution in [0.5, 0.6) is 0 Å². The van der Waals surface area contributed by atoms with Gasteiger partial charge >= 0.3 is 6.09 Å². The van der Waals surface area contributed by atoms with E-state index in [2.05, 4.69) is 42.0 Å². The van der Waals surface area contributed by atoms with E-state index < -0.39 is 13.7 Å². The number of anilines is 3. The van der Waals surface area contributed by atoms with Crippen molar-refractivity contribution in [1.82, 2.24) is 24.6 Å². The number of likely N-dealkylation sites (tertiary alicyclic amines) is 1. The van der Waals surface area contributed by atoms with E-state index in [0.717, 1.165) is 98.1 Å². The Morgan fingerprint density at radius 3 is 2.61 bits per heavy atom. The zero-order chi connectivity index (χ0) is 32.7. The van der Waals surface area contributed by atoms with Crippen molar-refractivity contribution in [3.63, 3.8) is 0 Å². The fraction of sp³-hybridized carbons (Fsp3) is 0.588. The molecule has 0 atom stereocenters. The van der Waals surface area contributed by atoms with Crippen LogP contribution in [-0.2, 0) is 16.2 Å². The van der Waals surface area contributed by atoms with Gasteiger partial charge in [0.05, 0.1) is 17.5 Å². The number of benzene rings is 1. The van der Waals surface area contributed by atoms with Gasteiger partial charge < -0.3 is 29.0 Å². The lowest BCUT2D eigenvalue weighted by molar-refractivity contribution is -0.000546. The van der Waals surface area contributed by atoms with E-state index in [1.807, 2.05) is 49.4 Å². The Morgan fingerprint density at radius 1 is 1.09 bits per heavy atom. The van der Waals surface area contributed by atoms with E-state index >= 15 is 0 Å². The Labute approximate surface area is 272 Å². The summed E-state index contributed by atoms with van der Waals surface area (Å²) in [6.45, 7) is 19.2. The molecular formula is C34H49N7O4Si. The normalized spacial score (nSPS) is 17.3. The molecule has 2 fully saturated rings. The Morgan fingerprint density at radius 2 is 1.87 bits per heavy atom. The van der Waals surface area contributed by atoms with Gasteiger partial charge in [-0.3, -0.25) is 0 Å². The molecule has 12 heteroatoms. The topological polar surface area (TPSA) is 111 Å². The number of carbonyl (C=O) groups is 1. The molecule has 3 aromatic heterocycles. The van der Waals surface area contributed by atoms with Crippen molar-refractivity contribution >= 4 is 53.6 Å². The van der Waals surface area contributed by atoms with Gasteiger partial charge in [0.2, 0.25) is 5.95 Å². The van der Waals surface area contributed by atoms with Crippen LogP contribution in [0.4, 0.5) is 22.2 Å². The van der Waals surface area contributed by atoms with Crippen LogP contribution in [0, 0.1) is 12.3 Å². The van der Waals surface area contributed by atoms with Gasteiger partial charge in [-0.1, -0.05) is 19.6 Å². The van der Waals surface area contributed by atoms with Gasteiger partial charge in [-0.2, -0.15) is 10.1 Å². The van der Waals surface area contributed by atoms with Crippen LogP contribution in [0.25, 0.3) is 22.0 Å². The number of hydrogen-bond donors (Lipinski definition) is 1. The number of furan rings is 1. The Bertz CT molecular complexity index is 1700. The molecular weight excluding hydrogens is 599 g/mol. The first-order chi connectivity index (χ1) is 21.8. The van der Waals surface area contributed by atoms with Crippen molar-refractivity contribution in [3.8, 4) is 0 Å². The molecule has 2 aliphatic rings. The monoisotopic (exact) mass is 647 g/mol. The molecule has 2 aliphatic heterocycles. The van der Waals surface area contributed by atoms with Crippen LogP contribution in [0.2, 0.25) is 25.7 Å². The maximum atomic E-state index is 12.9. The van der Waals surface area contributed by atoms with Gasteiger partial charge in [0.15, 0.2) is 11.4 Å². The van der Waals surface area contributed by atoms with E-state index in [9.17, 15) is 4.79 Å². The van der Waals surface area contributed by atoms with Gasteiger partial charge in [-0.25, -0.2) is 14.5 Å². The number of nitrogens with one attached hydrogen (secondary N) is 1. The lowest BCUT2D eigenvalue weighted by Gasteiger charge is -2.47. The van der Waals surface area contributed by atoms with E-state index in [1.54, 1.807) is 6.26 Å². The van der Waals surface area contributed by atoms with E-state index in [-0.39, 0.29) is 11.5 Å². The maximum Gasteiger partial charge on any atom is 0.410 e. The Hall–Kier alpha value is -3.64. The second-order valence-corrected chi connectivity index (χ2v) is 20.9. The van der Waals surface area contributed by atoms with Gasteiger partial charge in [0.25, 0.3) is 0 Å². The van der Waals surface area contributed by atoms with Crippen molar-refractivity contribution < 1.29 is 18.7 Å². The molecule has 0 aliphatic carbocycles. The molecule has 0 unspecified atom stereocenters. The molecule has 5 heterocycles. The average Bonchev–Trinajstić information content (AvgIpc) is 3.58. The first-order valence-corrected chi connectivity index (χ1v) is 20.3. The third kappa shape index (κ3) is 7.33. The number of amides is 1. The number of piperidine rings is 2. The second kappa shape index (κ2) is 12.5. The van der Waals surface area contributed by atoms with Crippen molar-refractivity contribution in [1.29, 1.82) is 0 Å². The minimum absolute atomic E-state index is 0.0942. The summed E-state index contributed by atoms with van der Waals surface area (Å²) >= 11 is 0. The van der Waals surface area contributed by atoms with E-state index in [4.69, 9.17) is 29.0 Å². The fourth-order valence-electron chi connectivity index (χ4n) is 6.58. The zero-order valence-corrected chi connectivity index (χ0v) is 29.5. The highest BCUT2D eigenvalue weighted by molar-refractivity contribution is 6.76. The van der Waals surface area contributed by atoms with Crippen molar-refractivity contribution in [2.24, 2.45) is 5.41 Å². The van der Waals surface area contributed by atoms with E-state index in [1.165, 1.54) is 0 Å². The quantitative estimate of drug-likeness (QED) is 0.153. The summed E-state index contributed by atoms with van der Waals surface area (Å²) in [4.78, 5) is 26.8. The summed E-state index contributed by atoms with van der Waals surface area (Å²) in [5.74, 6) is 1.32. The molecule has 248 valence electrons. The van der Waals surface area contributed by atoms with Gasteiger partial charge in [-0.05, 0) is 83.0 Å². The summed E-state index contributed by atoms with van der Waals surface area (Å²) < 4.78 is 19.6. The molecule has 1 amide bonds. The summed E-state index contributed by atoms with van der Waals surface area (Å²) in [5, 5.41) is 9.29. The first kappa shape index (κ1) is 32.3. The molecule has 6 rings (SSSR count). The zero-order valence-electron chi connectivity index (χ0n) is 28.5. The fourth-order valence-corrected chi connectivity index (χ4v) is 7.34. The Kier molecular flexibility index (Phi) is 8.79. The maximum absolute atomic E-state index is 12.9. The van der Waals surface area contributed by atoms with E-state index in [0.29, 0.717) is 18.3 Å². The molecule has 11 nitrogen and oxygen atoms in total.